The Kier molecular flexibility index (Phi) is 6.35. The van der Waals surface area contributed by atoms with E-state index in [9.17, 15) is 4.79 Å². The minimum Gasteiger partial charge on any atom is -0.281 e. The molecule has 2 aromatic rings. The highest BCUT2D eigenvalue weighted by molar-refractivity contribution is 7.19. The van der Waals surface area contributed by atoms with Crippen molar-refractivity contribution >= 4 is 50.0 Å². The average molecular weight is 399 g/mol. The van der Waals surface area contributed by atoms with Crippen molar-refractivity contribution in [2.75, 3.05) is 0 Å². The van der Waals surface area contributed by atoms with E-state index < -0.39 is 0 Å². The first-order chi connectivity index (χ1) is 12.0. The van der Waals surface area contributed by atoms with Crippen LogP contribution in [-0.4, -0.2) is 15.2 Å². The maximum Gasteiger partial charge on any atom is 0.221 e. The molecule has 136 valence electrons. The molecule has 25 heavy (non-hydrogen) atoms. The Labute approximate surface area is 163 Å². The van der Waals surface area contributed by atoms with E-state index in [1.54, 1.807) is 17.7 Å². The number of hydrogen-bond donors (Lipinski definition) is 0. The number of nitrogens with zero attached hydrogens (tertiary/aromatic N) is 2. The van der Waals surface area contributed by atoms with Gasteiger partial charge in [-0.1, -0.05) is 37.8 Å². The van der Waals surface area contributed by atoms with E-state index in [2.05, 4.69) is 16.9 Å². The maximum absolute atomic E-state index is 11.1. The Morgan fingerprint density at radius 3 is 2.84 bits per heavy atom. The van der Waals surface area contributed by atoms with Crippen molar-refractivity contribution in [3.63, 3.8) is 0 Å². The second-order valence-corrected chi connectivity index (χ2v) is 9.05. The van der Waals surface area contributed by atoms with E-state index in [0.29, 0.717) is 11.6 Å². The predicted octanol–water partition coefficient (Wildman–Crippen LogP) is 6.34. The van der Waals surface area contributed by atoms with Gasteiger partial charge < -0.3 is 0 Å². The Morgan fingerprint density at radius 1 is 1.28 bits per heavy atom. The van der Waals surface area contributed by atoms with E-state index >= 15 is 0 Å². The summed E-state index contributed by atoms with van der Waals surface area (Å²) in [5.41, 5.74) is 1.64. The SMILES string of the molecule is CCCCC[C@@]1(CCCC(=O)Cl)CCc2c(sc3ncnc(Cl)c23)C1. The molecule has 6 heteroatoms. The maximum atomic E-state index is 11.1. The first-order valence-electron chi connectivity index (χ1n) is 9.14. The molecule has 0 amide bonds. The standard InChI is InChI=1S/C19H24Cl2N2OS/c1-2-3-4-8-19(9-5-6-15(20)24)10-7-13-14(11-19)25-18-16(13)17(21)22-12-23-18/h12H,2-11H2,1H3/t19-/m1/s1. The zero-order chi connectivity index (χ0) is 17.9. The summed E-state index contributed by atoms with van der Waals surface area (Å²) in [7, 11) is 0. The van der Waals surface area contributed by atoms with Gasteiger partial charge in [-0.25, -0.2) is 9.97 Å². The Balaban J connectivity index is 1.84. The molecule has 2 aromatic heterocycles. The Bertz CT molecular complexity index is 761. The van der Waals surface area contributed by atoms with Crippen molar-refractivity contribution < 1.29 is 4.79 Å². The molecule has 0 bridgehead atoms. The molecule has 0 radical (unpaired) electrons. The van der Waals surface area contributed by atoms with Gasteiger partial charge >= 0.3 is 0 Å². The third-order valence-corrected chi connectivity index (χ3v) is 7.07. The van der Waals surface area contributed by atoms with Gasteiger partial charge in [-0.2, -0.15) is 0 Å². The first kappa shape index (κ1) is 19.1. The smallest absolute Gasteiger partial charge is 0.221 e. The normalized spacial score (nSPS) is 20.0. The molecule has 1 atom stereocenters. The summed E-state index contributed by atoms with van der Waals surface area (Å²) in [6, 6.07) is 0. The van der Waals surface area contributed by atoms with Crippen LogP contribution < -0.4 is 0 Å². The number of thiophene rings is 1. The molecule has 3 nitrogen and oxygen atoms in total. The minimum atomic E-state index is -0.218. The summed E-state index contributed by atoms with van der Waals surface area (Å²) in [6.07, 6.45) is 12.2. The molecule has 0 N–H and O–H groups in total. The number of hydrogen-bond acceptors (Lipinski definition) is 4. The van der Waals surface area contributed by atoms with Crippen LogP contribution >= 0.6 is 34.5 Å². The molecular weight excluding hydrogens is 375 g/mol. The molecule has 2 heterocycles. The van der Waals surface area contributed by atoms with Crippen molar-refractivity contribution in [2.45, 2.75) is 71.1 Å². The molecule has 0 spiro atoms. The monoisotopic (exact) mass is 398 g/mol. The van der Waals surface area contributed by atoms with Gasteiger partial charge in [0.15, 0.2) is 0 Å². The molecule has 0 unspecified atom stereocenters. The number of aryl methyl sites for hydroxylation is 1. The van der Waals surface area contributed by atoms with Gasteiger partial charge in [0.05, 0.1) is 5.39 Å². The first-order valence-corrected chi connectivity index (χ1v) is 10.7. The van der Waals surface area contributed by atoms with Crippen molar-refractivity contribution in [1.29, 1.82) is 0 Å². The predicted molar refractivity (Wildman–Crippen MR) is 106 cm³/mol. The summed E-state index contributed by atoms with van der Waals surface area (Å²) >= 11 is 13.7. The lowest BCUT2D eigenvalue weighted by molar-refractivity contribution is -0.111. The van der Waals surface area contributed by atoms with Gasteiger partial charge in [-0.05, 0) is 61.1 Å². The van der Waals surface area contributed by atoms with Crippen LogP contribution in [0.1, 0.15) is 68.7 Å². The summed E-state index contributed by atoms with van der Waals surface area (Å²) in [4.78, 5) is 22.1. The fraction of sp³-hybridized carbons (Fsp3) is 0.632. The second-order valence-electron chi connectivity index (χ2n) is 7.19. The lowest BCUT2D eigenvalue weighted by atomic mass is 9.68. The topological polar surface area (TPSA) is 42.9 Å². The lowest BCUT2D eigenvalue weighted by Gasteiger charge is -2.37. The van der Waals surface area contributed by atoms with Crippen LogP contribution in [0.15, 0.2) is 6.33 Å². The van der Waals surface area contributed by atoms with Crippen molar-refractivity contribution in [2.24, 2.45) is 5.41 Å². The molecule has 0 aromatic carbocycles. The Morgan fingerprint density at radius 2 is 2.08 bits per heavy atom. The second kappa shape index (κ2) is 8.32. The zero-order valence-corrected chi connectivity index (χ0v) is 16.9. The fourth-order valence-corrected chi connectivity index (χ4v) is 5.93. The fourth-order valence-electron chi connectivity index (χ4n) is 4.13. The lowest BCUT2D eigenvalue weighted by Crippen LogP contribution is -2.28. The molecule has 0 aliphatic heterocycles. The summed E-state index contributed by atoms with van der Waals surface area (Å²) in [5, 5.41) is 1.42. The van der Waals surface area contributed by atoms with Crippen molar-refractivity contribution in [3.05, 3.63) is 21.9 Å². The molecule has 0 fully saturated rings. The number of fused-ring (bicyclic) bond motifs is 3. The van der Waals surface area contributed by atoms with Gasteiger partial charge in [-0.3, -0.25) is 4.79 Å². The molecule has 1 aliphatic carbocycles. The van der Waals surface area contributed by atoms with Gasteiger partial charge in [0.2, 0.25) is 5.24 Å². The number of unbranched alkanes of at least 4 members (excludes halogenated alkanes) is 2. The largest absolute Gasteiger partial charge is 0.281 e. The number of halogens is 2. The number of carbonyl (C=O) groups excluding carboxylic acids is 1. The highest BCUT2D eigenvalue weighted by Gasteiger charge is 2.36. The minimum absolute atomic E-state index is 0.218. The highest BCUT2D eigenvalue weighted by atomic mass is 35.5. The van der Waals surface area contributed by atoms with Crippen LogP contribution in [0.4, 0.5) is 0 Å². The van der Waals surface area contributed by atoms with Crippen LogP contribution in [0.25, 0.3) is 10.2 Å². The zero-order valence-electron chi connectivity index (χ0n) is 14.6. The molecule has 1 aliphatic rings. The van der Waals surface area contributed by atoms with Crippen molar-refractivity contribution in [3.8, 4) is 0 Å². The number of aromatic nitrogens is 2. The molecule has 3 rings (SSSR count). The van der Waals surface area contributed by atoms with E-state index in [4.69, 9.17) is 23.2 Å². The third-order valence-electron chi connectivity index (χ3n) is 5.46. The van der Waals surface area contributed by atoms with Gasteiger partial charge in [0, 0.05) is 11.3 Å². The van der Waals surface area contributed by atoms with Crippen LogP contribution in [0.2, 0.25) is 5.15 Å². The Hall–Kier alpha value is -0.710. The number of carbonyl (C=O) groups is 1. The van der Waals surface area contributed by atoms with Crippen molar-refractivity contribution in [1.82, 2.24) is 9.97 Å². The summed E-state index contributed by atoms with van der Waals surface area (Å²) in [6.45, 7) is 2.24. The average Bonchev–Trinajstić information content (AvgIpc) is 2.93. The third kappa shape index (κ3) is 4.35. The number of rotatable bonds is 8. The van der Waals surface area contributed by atoms with Crippen LogP contribution in [0, 0.1) is 5.41 Å². The summed E-state index contributed by atoms with van der Waals surface area (Å²) < 4.78 is 0. The van der Waals surface area contributed by atoms with E-state index in [0.717, 1.165) is 42.3 Å². The van der Waals surface area contributed by atoms with Gasteiger partial charge in [-0.15, -0.1) is 11.3 Å². The van der Waals surface area contributed by atoms with Crippen LogP contribution in [0.5, 0.6) is 0 Å². The summed E-state index contributed by atoms with van der Waals surface area (Å²) in [5.74, 6) is 0. The highest BCUT2D eigenvalue weighted by Crippen LogP contribution is 2.48. The molecule has 0 saturated carbocycles. The van der Waals surface area contributed by atoms with Crippen LogP contribution in [-0.2, 0) is 17.6 Å². The van der Waals surface area contributed by atoms with Gasteiger partial charge in [0.25, 0.3) is 0 Å². The quantitative estimate of drug-likeness (QED) is 0.296. The van der Waals surface area contributed by atoms with E-state index in [1.165, 1.54) is 36.1 Å². The van der Waals surface area contributed by atoms with Gasteiger partial charge in [0.1, 0.15) is 16.3 Å². The van der Waals surface area contributed by atoms with E-state index in [-0.39, 0.29) is 10.7 Å². The van der Waals surface area contributed by atoms with Crippen LogP contribution in [0.3, 0.4) is 0 Å². The molecule has 0 saturated heterocycles. The van der Waals surface area contributed by atoms with E-state index in [1.807, 2.05) is 0 Å². The molecular formula is C19H24Cl2N2OS.